The number of carbonyl (C=O) groups excluding carboxylic acids is 2. The van der Waals surface area contributed by atoms with Gasteiger partial charge in [0, 0.05) is 26.2 Å². The number of amides is 1. The molecule has 0 spiro atoms. The van der Waals surface area contributed by atoms with Crippen LogP contribution in [0.5, 0.6) is 0 Å². The van der Waals surface area contributed by atoms with Gasteiger partial charge in [-0.05, 0) is 31.0 Å². The van der Waals surface area contributed by atoms with Gasteiger partial charge < -0.3 is 9.64 Å². The van der Waals surface area contributed by atoms with E-state index in [-0.39, 0.29) is 16.4 Å². The zero-order valence-electron chi connectivity index (χ0n) is 15.2. The normalized spacial score (nSPS) is 14.5. The van der Waals surface area contributed by atoms with Crippen LogP contribution in [0.4, 0.5) is 0 Å². The summed E-state index contributed by atoms with van der Waals surface area (Å²) in [6.45, 7) is 8.30. The van der Waals surface area contributed by atoms with Gasteiger partial charge >= 0.3 is 5.97 Å². The van der Waals surface area contributed by atoms with Crippen molar-refractivity contribution >= 4 is 21.9 Å². The quantitative estimate of drug-likeness (QED) is 0.473. The SMILES string of the molecule is C=CCN(CC=C)C(=O)COC(=O)c1cccc(S(=O)(=O)N2CCCC2)c1. The average molecular weight is 392 g/mol. The van der Waals surface area contributed by atoms with Crippen molar-refractivity contribution in [2.75, 3.05) is 32.8 Å². The van der Waals surface area contributed by atoms with E-state index in [0.717, 1.165) is 12.8 Å². The maximum Gasteiger partial charge on any atom is 0.338 e. The van der Waals surface area contributed by atoms with Crippen molar-refractivity contribution in [1.82, 2.24) is 9.21 Å². The Bertz CT molecular complexity index is 803. The van der Waals surface area contributed by atoms with E-state index in [9.17, 15) is 18.0 Å². The van der Waals surface area contributed by atoms with E-state index in [1.54, 1.807) is 12.2 Å². The number of nitrogens with zero attached hydrogens (tertiary/aromatic N) is 2. The Hall–Kier alpha value is -2.45. The molecular formula is C19H24N2O5S. The molecule has 0 atom stereocenters. The van der Waals surface area contributed by atoms with Gasteiger partial charge in [-0.15, -0.1) is 13.2 Å². The van der Waals surface area contributed by atoms with E-state index < -0.39 is 22.6 Å². The van der Waals surface area contributed by atoms with E-state index in [1.807, 2.05) is 0 Å². The number of hydrogen-bond acceptors (Lipinski definition) is 5. The number of esters is 1. The van der Waals surface area contributed by atoms with Crippen LogP contribution >= 0.6 is 0 Å². The van der Waals surface area contributed by atoms with Gasteiger partial charge in [0.2, 0.25) is 10.0 Å². The van der Waals surface area contributed by atoms with Crippen LogP contribution in [0, 0.1) is 0 Å². The highest BCUT2D eigenvalue weighted by atomic mass is 32.2. The first kappa shape index (κ1) is 20.9. The smallest absolute Gasteiger partial charge is 0.338 e. The Kier molecular flexibility index (Phi) is 7.32. The van der Waals surface area contributed by atoms with Crippen molar-refractivity contribution in [2.24, 2.45) is 0 Å². The first-order chi connectivity index (χ1) is 12.9. The number of rotatable bonds is 9. The summed E-state index contributed by atoms with van der Waals surface area (Å²) in [5, 5.41) is 0. The lowest BCUT2D eigenvalue weighted by molar-refractivity contribution is -0.133. The highest BCUT2D eigenvalue weighted by Gasteiger charge is 2.27. The Morgan fingerprint density at radius 2 is 1.78 bits per heavy atom. The molecule has 0 aliphatic carbocycles. The van der Waals surface area contributed by atoms with E-state index in [0.29, 0.717) is 26.2 Å². The first-order valence-corrected chi connectivity index (χ1v) is 10.1. The van der Waals surface area contributed by atoms with Crippen molar-refractivity contribution in [1.29, 1.82) is 0 Å². The third-order valence-corrected chi connectivity index (χ3v) is 6.05. The summed E-state index contributed by atoms with van der Waals surface area (Å²) in [5.41, 5.74) is 0.0852. The fraction of sp³-hybridized carbons (Fsp3) is 0.368. The Morgan fingerprint density at radius 3 is 2.37 bits per heavy atom. The zero-order valence-corrected chi connectivity index (χ0v) is 16.0. The average Bonchev–Trinajstić information content (AvgIpc) is 3.21. The van der Waals surface area contributed by atoms with Gasteiger partial charge in [-0.25, -0.2) is 13.2 Å². The van der Waals surface area contributed by atoms with Gasteiger partial charge in [0.05, 0.1) is 10.5 Å². The standard InChI is InChI=1S/C19H24N2O5S/c1-3-10-20(11-4-2)18(22)15-26-19(23)16-8-7-9-17(14-16)27(24,25)21-12-5-6-13-21/h3-4,7-9,14H,1-2,5-6,10-13,15H2. The van der Waals surface area contributed by atoms with Crippen LogP contribution < -0.4 is 0 Å². The van der Waals surface area contributed by atoms with E-state index >= 15 is 0 Å². The molecule has 8 heteroatoms. The molecule has 1 amide bonds. The summed E-state index contributed by atoms with van der Waals surface area (Å²) in [7, 11) is -3.63. The van der Waals surface area contributed by atoms with E-state index in [4.69, 9.17) is 4.74 Å². The molecule has 1 aromatic rings. The summed E-state index contributed by atoms with van der Waals surface area (Å²) >= 11 is 0. The second kappa shape index (κ2) is 9.48. The minimum absolute atomic E-state index is 0.0464. The van der Waals surface area contributed by atoms with Crippen LogP contribution in [-0.2, 0) is 19.6 Å². The molecule has 0 unspecified atom stereocenters. The monoisotopic (exact) mass is 392 g/mol. The minimum Gasteiger partial charge on any atom is -0.452 e. The molecule has 1 heterocycles. The molecular weight excluding hydrogens is 368 g/mol. The van der Waals surface area contributed by atoms with Gasteiger partial charge in [-0.3, -0.25) is 4.79 Å². The number of benzene rings is 1. The molecule has 7 nitrogen and oxygen atoms in total. The van der Waals surface area contributed by atoms with Crippen molar-refractivity contribution in [2.45, 2.75) is 17.7 Å². The topological polar surface area (TPSA) is 84.0 Å². The predicted molar refractivity (Wildman–Crippen MR) is 102 cm³/mol. The maximum absolute atomic E-state index is 12.6. The predicted octanol–water partition coefficient (Wildman–Crippen LogP) is 1.83. The molecule has 0 radical (unpaired) electrons. The van der Waals surface area contributed by atoms with Crippen LogP contribution in [0.3, 0.4) is 0 Å². The third kappa shape index (κ3) is 5.27. The number of hydrogen-bond donors (Lipinski definition) is 0. The summed E-state index contributed by atoms with van der Waals surface area (Å²) in [5.74, 6) is -1.14. The Labute approximate surface area is 160 Å². The third-order valence-electron chi connectivity index (χ3n) is 4.15. The summed E-state index contributed by atoms with van der Waals surface area (Å²) in [4.78, 5) is 25.8. The lowest BCUT2D eigenvalue weighted by Gasteiger charge is -2.19. The molecule has 1 aliphatic rings. The largest absolute Gasteiger partial charge is 0.452 e. The molecule has 27 heavy (non-hydrogen) atoms. The molecule has 0 N–H and O–H groups in total. The highest BCUT2D eigenvalue weighted by molar-refractivity contribution is 7.89. The first-order valence-electron chi connectivity index (χ1n) is 8.67. The lowest BCUT2D eigenvalue weighted by Crippen LogP contribution is -2.35. The second-order valence-corrected chi connectivity index (χ2v) is 8.03. The Morgan fingerprint density at radius 1 is 1.15 bits per heavy atom. The molecule has 1 aliphatic heterocycles. The molecule has 0 aromatic heterocycles. The van der Waals surface area contributed by atoms with Crippen LogP contribution in [0.25, 0.3) is 0 Å². The number of sulfonamides is 1. The van der Waals surface area contributed by atoms with Crippen molar-refractivity contribution in [3.63, 3.8) is 0 Å². The van der Waals surface area contributed by atoms with Crippen LogP contribution in [0.1, 0.15) is 23.2 Å². The zero-order chi connectivity index (χ0) is 19.9. The molecule has 1 aromatic carbocycles. The van der Waals surface area contributed by atoms with Gasteiger partial charge in [-0.2, -0.15) is 4.31 Å². The van der Waals surface area contributed by atoms with Crippen molar-refractivity contribution in [3.05, 3.63) is 55.1 Å². The number of ether oxygens (including phenoxy) is 1. The number of carbonyl (C=O) groups is 2. The fourth-order valence-electron chi connectivity index (χ4n) is 2.75. The van der Waals surface area contributed by atoms with Crippen molar-refractivity contribution < 1.29 is 22.7 Å². The molecule has 2 rings (SSSR count). The summed E-state index contributed by atoms with van der Waals surface area (Å²) in [6, 6.07) is 5.68. The molecule has 1 saturated heterocycles. The Balaban J connectivity index is 2.05. The van der Waals surface area contributed by atoms with Gasteiger partial charge in [0.1, 0.15) is 0 Å². The second-order valence-electron chi connectivity index (χ2n) is 6.09. The molecule has 146 valence electrons. The van der Waals surface area contributed by atoms with E-state index in [2.05, 4.69) is 13.2 Å². The highest BCUT2D eigenvalue weighted by Crippen LogP contribution is 2.21. The van der Waals surface area contributed by atoms with Crippen LogP contribution in [-0.4, -0.2) is 62.3 Å². The summed E-state index contributed by atoms with van der Waals surface area (Å²) < 4.78 is 31.7. The minimum atomic E-state index is -3.63. The fourth-order valence-corrected chi connectivity index (χ4v) is 4.32. The molecule has 0 bridgehead atoms. The summed E-state index contributed by atoms with van der Waals surface area (Å²) in [6.07, 6.45) is 4.79. The van der Waals surface area contributed by atoms with Gasteiger partial charge in [-0.1, -0.05) is 18.2 Å². The molecule has 1 fully saturated rings. The van der Waals surface area contributed by atoms with Crippen LogP contribution in [0.15, 0.2) is 54.5 Å². The van der Waals surface area contributed by atoms with Gasteiger partial charge in [0.25, 0.3) is 5.91 Å². The lowest BCUT2D eigenvalue weighted by atomic mass is 10.2. The molecule has 0 saturated carbocycles. The maximum atomic E-state index is 12.6. The van der Waals surface area contributed by atoms with Crippen LogP contribution in [0.2, 0.25) is 0 Å². The van der Waals surface area contributed by atoms with E-state index in [1.165, 1.54) is 33.5 Å². The van der Waals surface area contributed by atoms with Gasteiger partial charge in [0.15, 0.2) is 6.61 Å². The van der Waals surface area contributed by atoms with Crippen molar-refractivity contribution in [3.8, 4) is 0 Å².